The van der Waals surface area contributed by atoms with Crippen LogP contribution in [0.5, 0.6) is 5.75 Å². The molecule has 10 heteroatoms. The van der Waals surface area contributed by atoms with E-state index in [-0.39, 0.29) is 24.7 Å². The number of amides is 2. The number of carbonyl (C=O) groups is 2. The van der Waals surface area contributed by atoms with E-state index in [0.717, 1.165) is 0 Å². The van der Waals surface area contributed by atoms with Crippen molar-refractivity contribution >= 4 is 27.7 Å². The van der Waals surface area contributed by atoms with Crippen LogP contribution >= 0.6 is 0 Å². The van der Waals surface area contributed by atoms with Gasteiger partial charge in [0, 0.05) is 25.7 Å². The maximum atomic E-state index is 12.0. The lowest BCUT2D eigenvalue weighted by Crippen LogP contribution is -2.41. The molecule has 9 nitrogen and oxygen atoms in total. The Kier molecular flexibility index (Phi) is 6.09. The van der Waals surface area contributed by atoms with Crippen molar-refractivity contribution in [1.82, 2.24) is 9.62 Å². The summed E-state index contributed by atoms with van der Waals surface area (Å²) in [6.45, 7) is 2.97. The summed E-state index contributed by atoms with van der Waals surface area (Å²) in [5, 5.41) is 2.64. The van der Waals surface area contributed by atoms with Gasteiger partial charge in [0.05, 0.1) is 19.3 Å². The number of sulfonamides is 1. The van der Waals surface area contributed by atoms with Gasteiger partial charge in [0.2, 0.25) is 15.9 Å². The highest BCUT2D eigenvalue weighted by Crippen LogP contribution is 2.26. The van der Waals surface area contributed by atoms with Gasteiger partial charge in [0.1, 0.15) is 18.0 Å². The van der Waals surface area contributed by atoms with E-state index in [1.807, 2.05) is 0 Å². The van der Waals surface area contributed by atoms with Gasteiger partial charge in [0.25, 0.3) is 0 Å². The first kappa shape index (κ1) is 20.4. The molecule has 2 saturated heterocycles. The van der Waals surface area contributed by atoms with Crippen LogP contribution in [0.25, 0.3) is 0 Å². The highest BCUT2D eigenvalue weighted by atomic mass is 32.2. The fourth-order valence-corrected chi connectivity index (χ4v) is 4.15. The number of benzene rings is 1. The van der Waals surface area contributed by atoms with Crippen LogP contribution in [0.3, 0.4) is 0 Å². The van der Waals surface area contributed by atoms with Crippen LogP contribution < -0.4 is 15.0 Å². The number of piperidine rings is 1. The van der Waals surface area contributed by atoms with Crippen molar-refractivity contribution in [2.45, 2.75) is 32.0 Å². The first-order valence-electron chi connectivity index (χ1n) is 9.17. The molecule has 0 bridgehead atoms. The SMILES string of the molecule is CC(=O)NC[C@H]1CN(c2ccc(OC3CCN(S(C)(=O)=O)CC3)cc2)C(=O)O1. The largest absolute Gasteiger partial charge is 0.490 e. The van der Waals surface area contributed by atoms with Gasteiger partial charge in [-0.3, -0.25) is 9.69 Å². The summed E-state index contributed by atoms with van der Waals surface area (Å²) in [5.41, 5.74) is 0.689. The van der Waals surface area contributed by atoms with E-state index in [1.54, 1.807) is 24.3 Å². The van der Waals surface area contributed by atoms with Crippen molar-refractivity contribution in [3.05, 3.63) is 24.3 Å². The van der Waals surface area contributed by atoms with Crippen molar-refractivity contribution in [3.63, 3.8) is 0 Å². The van der Waals surface area contributed by atoms with Gasteiger partial charge in [-0.05, 0) is 37.1 Å². The molecule has 2 aliphatic rings. The predicted octanol–water partition coefficient (Wildman–Crippen LogP) is 0.951. The molecule has 0 spiro atoms. The Morgan fingerprint density at radius 2 is 1.89 bits per heavy atom. The first-order chi connectivity index (χ1) is 13.2. The number of hydrogen-bond donors (Lipinski definition) is 1. The molecule has 0 aliphatic carbocycles. The number of nitrogens with one attached hydrogen (secondary N) is 1. The number of anilines is 1. The van der Waals surface area contributed by atoms with Gasteiger partial charge in [-0.1, -0.05) is 0 Å². The van der Waals surface area contributed by atoms with Gasteiger partial charge < -0.3 is 14.8 Å². The number of rotatable bonds is 6. The minimum atomic E-state index is -3.15. The summed E-state index contributed by atoms with van der Waals surface area (Å²) in [6.07, 6.45) is 1.62. The second-order valence-corrected chi connectivity index (χ2v) is 9.01. The quantitative estimate of drug-likeness (QED) is 0.747. The topological polar surface area (TPSA) is 105 Å². The summed E-state index contributed by atoms with van der Waals surface area (Å²) in [6, 6.07) is 7.13. The Labute approximate surface area is 164 Å². The van der Waals surface area contributed by atoms with Gasteiger partial charge >= 0.3 is 6.09 Å². The van der Waals surface area contributed by atoms with Gasteiger partial charge in [-0.15, -0.1) is 0 Å². The van der Waals surface area contributed by atoms with Crippen LogP contribution in [-0.4, -0.2) is 69.4 Å². The van der Waals surface area contributed by atoms with Crippen LogP contribution in [0.2, 0.25) is 0 Å². The second kappa shape index (κ2) is 8.36. The summed E-state index contributed by atoms with van der Waals surface area (Å²) in [5.74, 6) is 0.502. The average Bonchev–Trinajstić information content (AvgIpc) is 3.01. The molecule has 3 rings (SSSR count). The van der Waals surface area contributed by atoms with Crippen molar-refractivity contribution in [1.29, 1.82) is 0 Å². The number of cyclic esters (lactones) is 1. The maximum Gasteiger partial charge on any atom is 0.414 e. The summed E-state index contributed by atoms with van der Waals surface area (Å²) in [4.78, 5) is 24.6. The third-order valence-corrected chi connectivity index (χ3v) is 6.08. The molecule has 1 aromatic carbocycles. The van der Waals surface area contributed by atoms with Crippen LogP contribution in [0, 0.1) is 0 Å². The fraction of sp³-hybridized carbons (Fsp3) is 0.556. The lowest BCUT2D eigenvalue weighted by Gasteiger charge is -2.30. The monoisotopic (exact) mass is 411 g/mol. The third-order valence-electron chi connectivity index (χ3n) is 4.77. The fourth-order valence-electron chi connectivity index (χ4n) is 3.27. The molecule has 0 aromatic heterocycles. The summed E-state index contributed by atoms with van der Waals surface area (Å²) in [7, 11) is -3.15. The lowest BCUT2D eigenvalue weighted by molar-refractivity contribution is -0.119. The zero-order chi connectivity index (χ0) is 20.3. The number of nitrogens with zero attached hydrogens (tertiary/aromatic N) is 2. The predicted molar refractivity (Wildman–Crippen MR) is 103 cm³/mol. The number of hydrogen-bond acceptors (Lipinski definition) is 6. The van der Waals surface area contributed by atoms with Crippen molar-refractivity contribution in [2.75, 3.05) is 37.3 Å². The smallest absolute Gasteiger partial charge is 0.414 e. The minimum Gasteiger partial charge on any atom is -0.490 e. The highest BCUT2D eigenvalue weighted by Gasteiger charge is 2.32. The molecule has 28 heavy (non-hydrogen) atoms. The molecule has 2 fully saturated rings. The zero-order valence-corrected chi connectivity index (χ0v) is 16.8. The first-order valence-corrected chi connectivity index (χ1v) is 11.0. The van der Waals surface area contributed by atoms with Gasteiger partial charge in [-0.25, -0.2) is 17.5 Å². The molecule has 0 saturated carbocycles. The Hall–Kier alpha value is -2.33. The summed E-state index contributed by atoms with van der Waals surface area (Å²) < 4.78 is 35.8. The van der Waals surface area contributed by atoms with Crippen molar-refractivity contribution < 1.29 is 27.5 Å². The molecule has 2 amide bonds. The standard InChI is InChI=1S/C18H25N3O6S/c1-13(22)19-11-17-12-21(18(23)27-17)14-3-5-15(6-4-14)26-16-7-9-20(10-8-16)28(2,24)25/h3-6,16-17H,7-12H2,1-2H3,(H,19,22)/t17-/m0/s1. The van der Waals surface area contributed by atoms with E-state index in [1.165, 1.54) is 22.4 Å². The molecule has 2 heterocycles. The Bertz CT molecular complexity index is 818. The Morgan fingerprint density at radius 1 is 1.25 bits per heavy atom. The van der Waals surface area contributed by atoms with Crippen LogP contribution in [0.4, 0.5) is 10.5 Å². The van der Waals surface area contributed by atoms with Crippen LogP contribution in [-0.2, 0) is 19.6 Å². The molecule has 1 aromatic rings. The molecular formula is C18H25N3O6S. The van der Waals surface area contributed by atoms with Crippen LogP contribution in [0.15, 0.2) is 24.3 Å². The lowest BCUT2D eigenvalue weighted by atomic mass is 10.1. The highest BCUT2D eigenvalue weighted by molar-refractivity contribution is 7.88. The molecule has 2 aliphatic heterocycles. The second-order valence-electron chi connectivity index (χ2n) is 7.03. The number of carbonyl (C=O) groups excluding carboxylic acids is 2. The van der Waals surface area contributed by atoms with E-state index in [2.05, 4.69) is 5.32 Å². The molecule has 0 unspecified atom stereocenters. The molecule has 0 radical (unpaired) electrons. The molecule has 1 atom stereocenters. The van der Waals surface area contributed by atoms with Crippen molar-refractivity contribution in [3.8, 4) is 5.75 Å². The van der Waals surface area contributed by atoms with Gasteiger partial charge in [-0.2, -0.15) is 0 Å². The number of ether oxygens (including phenoxy) is 2. The molecular weight excluding hydrogens is 386 g/mol. The minimum absolute atomic E-state index is 0.0392. The van der Waals surface area contributed by atoms with E-state index in [0.29, 0.717) is 43.9 Å². The normalized spacial score (nSPS) is 21.4. The summed E-state index contributed by atoms with van der Waals surface area (Å²) >= 11 is 0. The van der Waals surface area contributed by atoms with E-state index in [4.69, 9.17) is 9.47 Å². The Morgan fingerprint density at radius 3 is 2.46 bits per heavy atom. The zero-order valence-electron chi connectivity index (χ0n) is 16.0. The van der Waals surface area contributed by atoms with E-state index < -0.39 is 16.1 Å². The third kappa shape index (κ3) is 5.14. The maximum absolute atomic E-state index is 12.0. The van der Waals surface area contributed by atoms with E-state index in [9.17, 15) is 18.0 Å². The molecule has 154 valence electrons. The van der Waals surface area contributed by atoms with E-state index >= 15 is 0 Å². The average molecular weight is 411 g/mol. The molecule has 1 N–H and O–H groups in total. The van der Waals surface area contributed by atoms with Crippen LogP contribution in [0.1, 0.15) is 19.8 Å². The Balaban J connectivity index is 1.53. The van der Waals surface area contributed by atoms with Gasteiger partial charge in [0.15, 0.2) is 0 Å². The van der Waals surface area contributed by atoms with Crippen molar-refractivity contribution in [2.24, 2.45) is 0 Å².